The zero-order valence-corrected chi connectivity index (χ0v) is 19.6. The molecule has 1 saturated carbocycles. The van der Waals surface area contributed by atoms with E-state index in [1.165, 1.54) is 12.3 Å². The lowest BCUT2D eigenvalue weighted by molar-refractivity contribution is -0.0452. The summed E-state index contributed by atoms with van der Waals surface area (Å²) in [5, 5.41) is 13.4. The van der Waals surface area contributed by atoms with E-state index in [2.05, 4.69) is 10.3 Å². The van der Waals surface area contributed by atoms with Crippen LogP contribution in [0.25, 0.3) is 0 Å². The number of alkyl halides is 3. The highest BCUT2D eigenvalue weighted by Gasteiger charge is 2.47. The van der Waals surface area contributed by atoms with Crippen molar-refractivity contribution in [2.24, 2.45) is 5.92 Å². The zero-order chi connectivity index (χ0) is 21.9. The van der Waals surface area contributed by atoms with Crippen LogP contribution in [0.3, 0.4) is 0 Å². The number of hydrogen-bond acceptors (Lipinski definition) is 5. The van der Waals surface area contributed by atoms with Crippen LogP contribution < -0.4 is 10.0 Å². The van der Waals surface area contributed by atoms with Crippen molar-refractivity contribution in [3.63, 3.8) is 0 Å². The summed E-state index contributed by atoms with van der Waals surface area (Å²) >= 11 is 0. The van der Waals surface area contributed by atoms with Gasteiger partial charge in [0.25, 0.3) is 0 Å². The van der Waals surface area contributed by atoms with Crippen LogP contribution in [0.15, 0.2) is 18.5 Å². The van der Waals surface area contributed by atoms with Gasteiger partial charge in [0.05, 0.1) is 12.3 Å². The summed E-state index contributed by atoms with van der Waals surface area (Å²) in [4.78, 5) is 3.71. The molecule has 1 aliphatic carbocycles. The van der Waals surface area contributed by atoms with Crippen molar-refractivity contribution < 1.29 is 31.1 Å². The molecular formula is C18H29Cl2F4N3O3S. The van der Waals surface area contributed by atoms with E-state index in [0.717, 1.165) is 6.20 Å². The Morgan fingerprint density at radius 2 is 1.74 bits per heavy atom. The monoisotopic (exact) mass is 513 g/mol. The molecule has 1 heterocycles. The Bertz CT molecular complexity index is 789. The lowest BCUT2D eigenvalue weighted by Crippen LogP contribution is -2.46. The van der Waals surface area contributed by atoms with Crippen LogP contribution in [-0.4, -0.2) is 42.1 Å². The number of nitrogens with zero attached hydrogens (tertiary/aromatic N) is 1. The molecule has 1 aromatic rings. The zero-order valence-electron chi connectivity index (χ0n) is 17.2. The largest absolute Gasteiger partial charge is 0.511 e. The second-order valence-electron chi connectivity index (χ2n) is 8.21. The second kappa shape index (κ2) is 11.9. The van der Waals surface area contributed by atoms with Crippen LogP contribution in [0, 0.1) is 11.7 Å². The number of rotatable bonds is 8. The highest BCUT2D eigenvalue weighted by molar-refractivity contribution is 7.90. The van der Waals surface area contributed by atoms with E-state index in [0.29, 0.717) is 37.7 Å². The third kappa shape index (κ3) is 9.35. The molecule has 6 nitrogen and oxygen atoms in total. The van der Waals surface area contributed by atoms with Gasteiger partial charge in [-0.25, -0.2) is 17.5 Å². The Hall–Kier alpha value is -0.720. The molecule has 1 atom stereocenters. The summed E-state index contributed by atoms with van der Waals surface area (Å²) in [5.41, 5.74) is -5.30. The van der Waals surface area contributed by atoms with E-state index < -0.39 is 33.5 Å². The van der Waals surface area contributed by atoms with Gasteiger partial charge in [0, 0.05) is 29.9 Å². The van der Waals surface area contributed by atoms with Crippen molar-refractivity contribution in [3.8, 4) is 0 Å². The van der Waals surface area contributed by atoms with E-state index in [1.807, 2.05) is 13.8 Å². The fraction of sp³-hybridized carbons (Fsp3) is 0.722. The highest BCUT2D eigenvalue weighted by atomic mass is 35.5. The molecule has 31 heavy (non-hydrogen) atoms. The first-order valence-electron chi connectivity index (χ1n) is 9.41. The van der Waals surface area contributed by atoms with Crippen molar-refractivity contribution in [3.05, 3.63) is 29.8 Å². The molecule has 0 saturated heterocycles. The van der Waals surface area contributed by atoms with E-state index in [-0.39, 0.29) is 42.8 Å². The molecule has 1 aliphatic rings. The molecule has 0 unspecified atom stereocenters. The molecule has 0 amide bonds. The van der Waals surface area contributed by atoms with Gasteiger partial charge in [0.2, 0.25) is 0 Å². The summed E-state index contributed by atoms with van der Waals surface area (Å²) < 4.78 is 74.8. The predicted octanol–water partition coefficient (Wildman–Crippen LogP) is 3.85. The van der Waals surface area contributed by atoms with E-state index >= 15 is 0 Å². The minimum atomic E-state index is -5.32. The fourth-order valence-corrected chi connectivity index (χ4v) is 4.47. The van der Waals surface area contributed by atoms with Gasteiger partial charge in [-0.05, 0) is 57.9 Å². The molecule has 0 spiro atoms. The highest BCUT2D eigenvalue weighted by Crippen LogP contribution is 2.32. The van der Waals surface area contributed by atoms with Crippen LogP contribution >= 0.6 is 24.8 Å². The SMILES string of the molecule is CC(C)(CC1CCC(NS(=O)(=O)C(F)(F)F)CC1)NC[C@H](O)c1cncc(F)c1.Cl.Cl. The number of aromatic nitrogens is 1. The summed E-state index contributed by atoms with van der Waals surface area (Å²) in [5.74, 6) is -0.309. The van der Waals surface area contributed by atoms with Gasteiger partial charge in [-0.3, -0.25) is 4.98 Å². The molecule has 182 valence electrons. The Kier molecular flexibility index (Phi) is 11.7. The summed E-state index contributed by atoms with van der Waals surface area (Å²) in [7, 11) is -5.32. The first kappa shape index (κ1) is 30.3. The number of hydrogen-bond donors (Lipinski definition) is 3. The lowest BCUT2D eigenvalue weighted by atomic mass is 9.79. The minimum absolute atomic E-state index is 0. The van der Waals surface area contributed by atoms with Gasteiger partial charge < -0.3 is 10.4 Å². The maximum absolute atomic E-state index is 13.2. The van der Waals surface area contributed by atoms with Crippen molar-refractivity contribution >= 4 is 34.8 Å². The summed E-state index contributed by atoms with van der Waals surface area (Å²) in [6, 6.07) is 0.506. The maximum Gasteiger partial charge on any atom is 0.511 e. The third-order valence-electron chi connectivity index (χ3n) is 5.16. The minimum Gasteiger partial charge on any atom is -0.387 e. The first-order valence-corrected chi connectivity index (χ1v) is 10.9. The topological polar surface area (TPSA) is 91.3 Å². The molecule has 1 aromatic heterocycles. The normalized spacial score (nSPS) is 21.0. The number of aliphatic hydroxyl groups excluding tert-OH is 1. The van der Waals surface area contributed by atoms with Gasteiger partial charge in [0.1, 0.15) is 5.82 Å². The summed E-state index contributed by atoms with van der Waals surface area (Å²) in [6.45, 7) is 4.09. The quantitative estimate of drug-likeness (QED) is 0.459. The van der Waals surface area contributed by atoms with Crippen LogP contribution in [0.5, 0.6) is 0 Å². The lowest BCUT2D eigenvalue weighted by Gasteiger charge is -2.35. The molecule has 3 N–H and O–H groups in total. The molecule has 0 radical (unpaired) electrons. The summed E-state index contributed by atoms with van der Waals surface area (Å²) in [6.07, 6.45) is 4.12. The standard InChI is InChI=1S/C18H27F4N3O3S.2ClH/c1-17(2,24-11-16(26)13-7-14(19)10-23-9-13)8-12-3-5-15(6-4-12)25-29(27,28)18(20,21)22;;/h7,9-10,12,15-16,24-26H,3-6,8,11H2,1-2H3;2*1H/t12?,15?,16-;;/m0../s1. The van der Waals surface area contributed by atoms with E-state index in [4.69, 9.17) is 0 Å². The number of nitrogens with one attached hydrogen (secondary N) is 2. The average Bonchev–Trinajstić information content (AvgIpc) is 2.60. The Morgan fingerprint density at radius 3 is 2.26 bits per heavy atom. The van der Waals surface area contributed by atoms with Crippen LogP contribution in [0.2, 0.25) is 0 Å². The van der Waals surface area contributed by atoms with Crippen molar-refractivity contribution in [1.29, 1.82) is 0 Å². The van der Waals surface area contributed by atoms with Crippen molar-refractivity contribution in [2.45, 2.75) is 69.1 Å². The van der Waals surface area contributed by atoms with Gasteiger partial charge in [-0.2, -0.15) is 13.2 Å². The number of β-amino-alcohol motifs (C(OH)–C–C–N with tert-alkyl or cyclic N) is 1. The average molecular weight is 514 g/mol. The van der Waals surface area contributed by atoms with Crippen LogP contribution in [0.4, 0.5) is 17.6 Å². The van der Waals surface area contributed by atoms with Gasteiger partial charge in [-0.15, -0.1) is 24.8 Å². The molecule has 2 rings (SSSR count). The Morgan fingerprint density at radius 1 is 1.16 bits per heavy atom. The smallest absolute Gasteiger partial charge is 0.387 e. The molecular weight excluding hydrogens is 485 g/mol. The first-order chi connectivity index (χ1) is 13.3. The number of aliphatic hydroxyl groups is 1. The number of halogens is 6. The molecule has 0 aliphatic heterocycles. The molecule has 13 heteroatoms. The molecule has 0 aromatic carbocycles. The number of sulfonamides is 1. The Labute approximate surface area is 192 Å². The van der Waals surface area contributed by atoms with Crippen molar-refractivity contribution in [2.75, 3.05) is 6.54 Å². The van der Waals surface area contributed by atoms with Crippen LogP contribution in [-0.2, 0) is 10.0 Å². The Balaban J connectivity index is 0.00000450. The predicted molar refractivity (Wildman–Crippen MR) is 114 cm³/mol. The second-order valence-corrected chi connectivity index (χ2v) is 9.91. The van der Waals surface area contributed by atoms with Crippen molar-refractivity contribution in [1.82, 2.24) is 15.0 Å². The van der Waals surface area contributed by atoms with Gasteiger partial charge in [0.15, 0.2) is 0 Å². The van der Waals surface area contributed by atoms with Crippen LogP contribution in [0.1, 0.15) is 57.6 Å². The molecule has 1 fully saturated rings. The maximum atomic E-state index is 13.2. The van der Waals surface area contributed by atoms with Gasteiger partial charge in [-0.1, -0.05) is 0 Å². The van der Waals surface area contributed by atoms with E-state index in [9.17, 15) is 31.1 Å². The molecule has 0 bridgehead atoms. The van der Waals surface area contributed by atoms with E-state index in [1.54, 1.807) is 4.72 Å². The third-order valence-corrected chi connectivity index (χ3v) is 6.41. The number of pyridine rings is 1. The fourth-order valence-electron chi connectivity index (χ4n) is 3.67. The van der Waals surface area contributed by atoms with Gasteiger partial charge >= 0.3 is 15.5 Å².